The van der Waals surface area contributed by atoms with Gasteiger partial charge in [-0.2, -0.15) is 0 Å². The minimum absolute atomic E-state index is 0.0508. The molecule has 27 heavy (non-hydrogen) atoms. The van der Waals surface area contributed by atoms with Crippen LogP contribution in [0, 0.1) is 0 Å². The van der Waals surface area contributed by atoms with E-state index in [0.717, 1.165) is 44.9 Å². The summed E-state index contributed by atoms with van der Waals surface area (Å²) in [5.41, 5.74) is 0. The molecule has 0 aliphatic rings. The van der Waals surface area contributed by atoms with Crippen molar-refractivity contribution in [2.45, 2.75) is 117 Å². The number of esters is 2. The van der Waals surface area contributed by atoms with Crippen LogP contribution < -0.4 is 0 Å². The molecular formula is C23H42O4. The lowest BCUT2D eigenvalue weighted by Gasteiger charge is -2.15. The first-order chi connectivity index (χ1) is 13.1. The molecule has 0 aliphatic heterocycles. The van der Waals surface area contributed by atoms with Crippen LogP contribution in [0.4, 0.5) is 0 Å². The number of ether oxygens (including phenoxy) is 2. The van der Waals surface area contributed by atoms with Crippen molar-refractivity contribution in [2.24, 2.45) is 0 Å². The quantitative estimate of drug-likeness (QED) is 0.154. The van der Waals surface area contributed by atoms with E-state index in [-0.39, 0.29) is 6.10 Å². The molecule has 0 spiro atoms. The van der Waals surface area contributed by atoms with Crippen LogP contribution in [0.2, 0.25) is 0 Å². The Kier molecular flexibility index (Phi) is 18.5. The summed E-state index contributed by atoms with van der Waals surface area (Å²) in [7, 11) is 0. The SMILES string of the molecule is CCCCCCCCCCCOC(=O)/C=C/C(=O)OC(CCC)CCCC. The summed E-state index contributed by atoms with van der Waals surface area (Å²) in [5.74, 6) is -0.920. The molecule has 0 aromatic heterocycles. The van der Waals surface area contributed by atoms with Gasteiger partial charge in [0.05, 0.1) is 6.61 Å². The van der Waals surface area contributed by atoms with Crippen molar-refractivity contribution < 1.29 is 19.1 Å². The molecule has 4 heteroatoms. The monoisotopic (exact) mass is 382 g/mol. The number of hydrogen-bond acceptors (Lipinski definition) is 4. The average Bonchev–Trinajstić information content (AvgIpc) is 2.66. The molecule has 1 atom stereocenters. The minimum atomic E-state index is -0.466. The van der Waals surface area contributed by atoms with E-state index in [4.69, 9.17) is 9.47 Å². The Bertz CT molecular complexity index is 390. The smallest absolute Gasteiger partial charge is 0.331 e. The second kappa shape index (κ2) is 19.4. The van der Waals surface area contributed by atoms with Gasteiger partial charge in [-0.1, -0.05) is 91.4 Å². The number of unbranched alkanes of at least 4 members (excludes halogenated alkanes) is 9. The summed E-state index contributed by atoms with van der Waals surface area (Å²) >= 11 is 0. The highest BCUT2D eigenvalue weighted by molar-refractivity contribution is 5.91. The molecule has 1 unspecified atom stereocenters. The predicted molar refractivity (Wildman–Crippen MR) is 112 cm³/mol. The van der Waals surface area contributed by atoms with Crippen LogP contribution in [0.15, 0.2) is 12.2 Å². The van der Waals surface area contributed by atoms with E-state index in [0.29, 0.717) is 6.61 Å². The van der Waals surface area contributed by atoms with Crippen molar-refractivity contribution in [2.75, 3.05) is 6.61 Å². The molecule has 0 saturated heterocycles. The van der Waals surface area contributed by atoms with Gasteiger partial charge in [-0.3, -0.25) is 0 Å². The second-order valence-electron chi connectivity index (χ2n) is 7.32. The molecule has 0 aromatic carbocycles. The van der Waals surface area contributed by atoms with Gasteiger partial charge in [-0.15, -0.1) is 0 Å². The first kappa shape index (κ1) is 25.7. The van der Waals surface area contributed by atoms with Gasteiger partial charge < -0.3 is 9.47 Å². The van der Waals surface area contributed by atoms with Gasteiger partial charge in [0.1, 0.15) is 6.10 Å². The first-order valence-corrected chi connectivity index (χ1v) is 11.2. The zero-order valence-electron chi connectivity index (χ0n) is 18.0. The van der Waals surface area contributed by atoms with Gasteiger partial charge in [0, 0.05) is 12.2 Å². The van der Waals surface area contributed by atoms with E-state index in [1.54, 1.807) is 0 Å². The van der Waals surface area contributed by atoms with Crippen molar-refractivity contribution >= 4 is 11.9 Å². The fourth-order valence-electron chi connectivity index (χ4n) is 2.99. The summed E-state index contributed by atoms with van der Waals surface area (Å²) in [6, 6.07) is 0. The maximum absolute atomic E-state index is 11.8. The molecule has 4 nitrogen and oxygen atoms in total. The molecular weight excluding hydrogens is 340 g/mol. The zero-order valence-corrected chi connectivity index (χ0v) is 18.0. The topological polar surface area (TPSA) is 52.6 Å². The van der Waals surface area contributed by atoms with Crippen LogP contribution in [-0.4, -0.2) is 24.6 Å². The zero-order chi connectivity index (χ0) is 20.2. The molecule has 0 heterocycles. The lowest BCUT2D eigenvalue weighted by atomic mass is 10.1. The molecule has 0 bridgehead atoms. The van der Waals surface area contributed by atoms with Crippen LogP contribution in [0.5, 0.6) is 0 Å². The van der Waals surface area contributed by atoms with E-state index in [1.807, 2.05) is 0 Å². The van der Waals surface area contributed by atoms with Crippen molar-refractivity contribution in [3.63, 3.8) is 0 Å². The van der Waals surface area contributed by atoms with Crippen molar-refractivity contribution in [1.29, 1.82) is 0 Å². The highest BCUT2D eigenvalue weighted by Crippen LogP contribution is 2.12. The fraction of sp³-hybridized carbons (Fsp3) is 0.826. The summed E-state index contributed by atoms with van der Waals surface area (Å²) in [5, 5.41) is 0. The molecule has 0 aromatic rings. The average molecular weight is 383 g/mol. The summed E-state index contributed by atoms with van der Waals surface area (Å²) in [4.78, 5) is 23.5. The Morgan fingerprint density at radius 3 is 1.81 bits per heavy atom. The third-order valence-electron chi connectivity index (χ3n) is 4.62. The maximum Gasteiger partial charge on any atom is 0.331 e. The third-order valence-corrected chi connectivity index (χ3v) is 4.62. The highest BCUT2D eigenvalue weighted by Gasteiger charge is 2.11. The molecule has 0 radical (unpaired) electrons. The summed E-state index contributed by atoms with van der Waals surface area (Å²) < 4.78 is 10.6. The highest BCUT2D eigenvalue weighted by atomic mass is 16.5. The van der Waals surface area contributed by atoms with E-state index in [1.165, 1.54) is 57.1 Å². The number of carbonyl (C=O) groups is 2. The minimum Gasteiger partial charge on any atom is -0.463 e. The number of carbonyl (C=O) groups excluding carboxylic acids is 2. The first-order valence-electron chi connectivity index (χ1n) is 11.2. The van der Waals surface area contributed by atoms with E-state index in [9.17, 15) is 9.59 Å². The summed E-state index contributed by atoms with van der Waals surface area (Å²) in [6.45, 7) is 6.85. The van der Waals surface area contributed by atoms with Crippen LogP contribution in [0.1, 0.15) is 111 Å². The van der Waals surface area contributed by atoms with Gasteiger partial charge in [0.2, 0.25) is 0 Å². The standard InChI is InChI=1S/C23H42O4/c1-4-7-9-10-11-12-13-14-15-20-26-22(24)18-19-23(25)27-21(16-6-3)17-8-5-2/h18-19,21H,4-17,20H2,1-3H3/b19-18+. The molecule has 0 saturated carbocycles. The number of rotatable bonds is 18. The lowest BCUT2D eigenvalue weighted by Crippen LogP contribution is -2.17. The largest absolute Gasteiger partial charge is 0.463 e. The Morgan fingerprint density at radius 1 is 0.667 bits per heavy atom. The van der Waals surface area contributed by atoms with E-state index in [2.05, 4.69) is 20.8 Å². The van der Waals surface area contributed by atoms with Gasteiger partial charge in [-0.25, -0.2) is 9.59 Å². The van der Waals surface area contributed by atoms with Gasteiger partial charge >= 0.3 is 11.9 Å². The molecule has 0 rings (SSSR count). The van der Waals surface area contributed by atoms with Crippen molar-refractivity contribution in [3.8, 4) is 0 Å². The Hall–Kier alpha value is -1.32. The molecule has 0 fully saturated rings. The van der Waals surface area contributed by atoms with E-state index >= 15 is 0 Å². The normalized spacial score (nSPS) is 12.3. The molecule has 0 aliphatic carbocycles. The third kappa shape index (κ3) is 17.8. The molecule has 0 amide bonds. The van der Waals surface area contributed by atoms with Gasteiger partial charge in [0.25, 0.3) is 0 Å². The number of hydrogen-bond donors (Lipinski definition) is 0. The van der Waals surface area contributed by atoms with E-state index < -0.39 is 11.9 Å². The molecule has 0 N–H and O–H groups in total. The predicted octanol–water partition coefficient (Wildman–Crippen LogP) is 6.52. The second-order valence-corrected chi connectivity index (χ2v) is 7.32. The Balaban J connectivity index is 3.73. The van der Waals surface area contributed by atoms with Crippen molar-refractivity contribution in [1.82, 2.24) is 0 Å². The Morgan fingerprint density at radius 2 is 1.22 bits per heavy atom. The van der Waals surface area contributed by atoms with Gasteiger partial charge in [0.15, 0.2) is 0 Å². The van der Waals surface area contributed by atoms with Gasteiger partial charge in [-0.05, 0) is 19.3 Å². The molecule has 158 valence electrons. The van der Waals surface area contributed by atoms with Crippen LogP contribution in [0.25, 0.3) is 0 Å². The Labute approximate surface area is 167 Å². The lowest BCUT2D eigenvalue weighted by molar-refractivity contribution is -0.144. The van der Waals surface area contributed by atoms with Crippen LogP contribution >= 0.6 is 0 Å². The van der Waals surface area contributed by atoms with Crippen molar-refractivity contribution in [3.05, 3.63) is 12.2 Å². The summed E-state index contributed by atoms with van der Waals surface area (Å²) in [6.07, 6.45) is 18.2. The van der Waals surface area contributed by atoms with Crippen LogP contribution in [0.3, 0.4) is 0 Å². The van der Waals surface area contributed by atoms with Crippen LogP contribution in [-0.2, 0) is 19.1 Å². The fourth-order valence-corrected chi connectivity index (χ4v) is 2.99. The maximum atomic E-state index is 11.8.